The maximum Gasteiger partial charge on any atom is 0.272 e. The van der Waals surface area contributed by atoms with E-state index >= 15 is 0 Å². The topological polar surface area (TPSA) is 73.6 Å². The van der Waals surface area contributed by atoms with Crippen LogP contribution in [-0.2, 0) is 9.47 Å². The van der Waals surface area contributed by atoms with Crippen LogP contribution < -0.4 is 5.32 Å². The molecule has 6 nitrogen and oxygen atoms in total. The minimum atomic E-state index is -0.370. The van der Waals surface area contributed by atoms with Crippen LogP contribution in [0.3, 0.4) is 0 Å². The standard InChI is InChI=1S/C14H20N2O4/c1-4-20-13-8-11(14(13)19-3)15-10-5-6-12(16(17)18)9(2)7-10/h5-7,11,13-15H,4,8H2,1-3H3. The molecular weight excluding hydrogens is 260 g/mol. The zero-order valence-corrected chi connectivity index (χ0v) is 12.0. The minimum absolute atomic E-state index is 0.0189. The number of hydrogen-bond acceptors (Lipinski definition) is 5. The summed E-state index contributed by atoms with van der Waals surface area (Å²) in [5, 5.41) is 14.1. The first-order chi connectivity index (χ1) is 9.56. The smallest absolute Gasteiger partial charge is 0.272 e. The number of methoxy groups -OCH3 is 1. The largest absolute Gasteiger partial charge is 0.379 e. The summed E-state index contributed by atoms with van der Waals surface area (Å²) in [6.07, 6.45) is 1.02. The predicted molar refractivity (Wildman–Crippen MR) is 76.1 cm³/mol. The van der Waals surface area contributed by atoms with E-state index in [1.165, 1.54) is 6.07 Å². The van der Waals surface area contributed by atoms with Crippen molar-refractivity contribution in [3.63, 3.8) is 0 Å². The highest BCUT2D eigenvalue weighted by atomic mass is 16.6. The first-order valence-corrected chi connectivity index (χ1v) is 6.72. The third-order valence-corrected chi connectivity index (χ3v) is 3.65. The molecule has 6 heteroatoms. The van der Waals surface area contributed by atoms with Gasteiger partial charge in [0.25, 0.3) is 5.69 Å². The Hall–Kier alpha value is -1.66. The highest BCUT2D eigenvalue weighted by molar-refractivity contribution is 5.54. The van der Waals surface area contributed by atoms with Crippen molar-refractivity contribution in [2.45, 2.75) is 38.5 Å². The van der Waals surface area contributed by atoms with Gasteiger partial charge in [-0.25, -0.2) is 0 Å². The molecule has 1 aromatic rings. The molecule has 110 valence electrons. The number of hydrogen-bond donors (Lipinski definition) is 1. The molecule has 2 rings (SSSR count). The Labute approximate surface area is 118 Å². The van der Waals surface area contributed by atoms with E-state index in [-0.39, 0.29) is 28.9 Å². The normalized spacial score (nSPS) is 25.1. The van der Waals surface area contributed by atoms with Gasteiger partial charge in [0, 0.05) is 31.0 Å². The van der Waals surface area contributed by atoms with Crippen molar-refractivity contribution in [2.75, 3.05) is 19.0 Å². The van der Waals surface area contributed by atoms with Gasteiger partial charge in [0.15, 0.2) is 0 Å². The van der Waals surface area contributed by atoms with E-state index in [2.05, 4.69) is 5.32 Å². The monoisotopic (exact) mass is 280 g/mol. The van der Waals surface area contributed by atoms with Crippen molar-refractivity contribution in [1.29, 1.82) is 0 Å². The first kappa shape index (κ1) is 14.7. The van der Waals surface area contributed by atoms with E-state index in [1.54, 1.807) is 26.2 Å². The highest BCUT2D eigenvalue weighted by Crippen LogP contribution is 2.31. The number of nitrogens with one attached hydrogen (secondary N) is 1. The van der Waals surface area contributed by atoms with Crippen molar-refractivity contribution in [2.24, 2.45) is 0 Å². The summed E-state index contributed by atoms with van der Waals surface area (Å²) in [5.41, 5.74) is 1.66. The molecule has 3 atom stereocenters. The number of rotatable bonds is 6. The third kappa shape index (κ3) is 2.91. The molecule has 20 heavy (non-hydrogen) atoms. The molecule has 0 bridgehead atoms. The average molecular weight is 280 g/mol. The number of aryl methyl sites for hydroxylation is 1. The maximum absolute atomic E-state index is 10.8. The lowest BCUT2D eigenvalue weighted by molar-refractivity contribution is -0.385. The van der Waals surface area contributed by atoms with Crippen molar-refractivity contribution >= 4 is 11.4 Å². The van der Waals surface area contributed by atoms with Crippen molar-refractivity contribution in [1.82, 2.24) is 0 Å². The Balaban J connectivity index is 2.01. The minimum Gasteiger partial charge on any atom is -0.379 e. The molecule has 0 heterocycles. The molecule has 0 aliphatic heterocycles. The fraction of sp³-hybridized carbons (Fsp3) is 0.571. The van der Waals surface area contributed by atoms with Gasteiger partial charge in [-0.05, 0) is 32.4 Å². The van der Waals surface area contributed by atoms with Gasteiger partial charge in [0.05, 0.1) is 17.1 Å². The van der Waals surface area contributed by atoms with Crippen molar-refractivity contribution < 1.29 is 14.4 Å². The molecule has 1 fully saturated rings. The van der Waals surface area contributed by atoms with Crippen LogP contribution in [-0.4, -0.2) is 36.9 Å². The van der Waals surface area contributed by atoms with Gasteiger partial charge in [-0.15, -0.1) is 0 Å². The fourth-order valence-corrected chi connectivity index (χ4v) is 2.58. The molecule has 1 aliphatic rings. The van der Waals surface area contributed by atoms with Gasteiger partial charge in [-0.3, -0.25) is 10.1 Å². The summed E-state index contributed by atoms with van der Waals surface area (Å²) in [7, 11) is 1.67. The average Bonchev–Trinajstić information content (AvgIpc) is 2.37. The molecule has 0 radical (unpaired) electrons. The lowest BCUT2D eigenvalue weighted by Crippen LogP contribution is -2.56. The Bertz CT molecular complexity index is 492. The van der Waals surface area contributed by atoms with Crippen LogP contribution in [0, 0.1) is 17.0 Å². The molecule has 0 amide bonds. The van der Waals surface area contributed by atoms with Crippen LogP contribution in [0.4, 0.5) is 11.4 Å². The van der Waals surface area contributed by atoms with Crippen molar-refractivity contribution in [3.05, 3.63) is 33.9 Å². The van der Waals surface area contributed by atoms with Gasteiger partial charge < -0.3 is 14.8 Å². The van der Waals surface area contributed by atoms with Gasteiger partial charge in [-0.1, -0.05) is 0 Å². The van der Waals surface area contributed by atoms with Crippen LogP contribution >= 0.6 is 0 Å². The van der Waals surface area contributed by atoms with Gasteiger partial charge >= 0.3 is 0 Å². The Morgan fingerprint density at radius 2 is 2.25 bits per heavy atom. The van der Waals surface area contributed by atoms with Gasteiger partial charge in [0.1, 0.15) is 6.10 Å². The number of nitrogens with zero attached hydrogens (tertiary/aromatic N) is 1. The molecular formula is C14H20N2O4. The third-order valence-electron chi connectivity index (χ3n) is 3.65. The van der Waals surface area contributed by atoms with E-state index in [1.807, 2.05) is 6.92 Å². The van der Waals surface area contributed by atoms with Gasteiger partial charge in [-0.2, -0.15) is 0 Å². The Morgan fingerprint density at radius 3 is 2.80 bits per heavy atom. The maximum atomic E-state index is 10.8. The molecule has 1 aromatic carbocycles. The molecule has 1 aliphatic carbocycles. The number of benzene rings is 1. The molecule has 0 spiro atoms. The quantitative estimate of drug-likeness (QED) is 0.640. The van der Waals surface area contributed by atoms with Crippen molar-refractivity contribution in [3.8, 4) is 0 Å². The second-order valence-electron chi connectivity index (χ2n) is 4.94. The SMILES string of the molecule is CCOC1CC(Nc2ccc([N+](=O)[O-])c(C)c2)C1OC. The van der Waals surface area contributed by atoms with E-state index < -0.39 is 0 Å². The van der Waals surface area contributed by atoms with E-state index in [4.69, 9.17) is 9.47 Å². The van der Waals surface area contributed by atoms with E-state index in [9.17, 15) is 10.1 Å². The predicted octanol–water partition coefficient (Wildman–Crippen LogP) is 2.51. The van der Waals surface area contributed by atoms with E-state index in [0.717, 1.165) is 12.1 Å². The number of anilines is 1. The van der Waals surface area contributed by atoms with Gasteiger partial charge in [0.2, 0.25) is 0 Å². The van der Waals surface area contributed by atoms with Crippen LogP contribution in [0.2, 0.25) is 0 Å². The van der Waals surface area contributed by atoms with Crippen LogP contribution in [0.1, 0.15) is 18.9 Å². The summed E-state index contributed by atoms with van der Waals surface area (Å²) in [4.78, 5) is 10.4. The fourth-order valence-electron chi connectivity index (χ4n) is 2.58. The summed E-state index contributed by atoms with van der Waals surface area (Å²) in [5.74, 6) is 0. The summed E-state index contributed by atoms with van der Waals surface area (Å²) in [6.45, 7) is 4.38. The highest BCUT2D eigenvalue weighted by Gasteiger charge is 2.42. The zero-order chi connectivity index (χ0) is 14.7. The van der Waals surface area contributed by atoms with E-state index in [0.29, 0.717) is 12.2 Å². The summed E-state index contributed by atoms with van der Waals surface area (Å²) < 4.78 is 11.0. The molecule has 0 saturated heterocycles. The molecule has 0 aromatic heterocycles. The number of nitro benzene ring substituents is 1. The summed E-state index contributed by atoms with van der Waals surface area (Å²) in [6, 6.07) is 5.22. The number of ether oxygens (including phenoxy) is 2. The molecule has 1 N–H and O–H groups in total. The zero-order valence-electron chi connectivity index (χ0n) is 12.0. The first-order valence-electron chi connectivity index (χ1n) is 6.72. The summed E-state index contributed by atoms with van der Waals surface area (Å²) >= 11 is 0. The lowest BCUT2D eigenvalue weighted by Gasteiger charge is -2.43. The molecule has 3 unspecified atom stereocenters. The van der Waals surface area contributed by atoms with Crippen LogP contribution in [0.25, 0.3) is 0 Å². The second kappa shape index (κ2) is 6.19. The Morgan fingerprint density at radius 1 is 1.50 bits per heavy atom. The number of nitro groups is 1. The Kier molecular flexibility index (Phi) is 4.57. The molecule has 1 saturated carbocycles. The van der Waals surface area contributed by atoms with Crippen LogP contribution in [0.5, 0.6) is 0 Å². The van der Waals surface area contributed by atoms with Crippen LogP contribution in [0.15, 0.2) is 18.2 Å². The second-order valence-corrected chi connectivity index (χ2v) is 4.94. The lowest BCUT2D eigenvalue weighted by atomic mass is 9.85.